The average molecular weight is 281 g/mol. The Balaban J connectivity index is 1.74. The zero-order valence-electron chi connectivity index (χ0n) is 10.8. The summed E-state index contributed by atoms with van der Waals surface area (Å²) in [6, 6.07) is 9.19. The molecule has 98 valence electrons. The highest BCUT2D eigenvalue weighted by molar-refractivity contribution is 8.20. The van der Waals surface area contributed by atoms with Crippen molar-refractivity contribution in [3.63, 3.8) is 0 Å². The van der Waals surface area contributed by atoms with Crippen LogP contribution in [0, 0.1) is 5.92 Å². The predicted molar refractivity (Wildman–Crippen MR) is 82.0 cm³/mol. The van der Waals surface area contributed by atoms with Gasteiger partial charge >= 0.3 is 0 Å². The fourth-order valence-electron chi connectivity index (χ4n) is 2.75. The molecule has 2 nitrogen and oxygen atoms in total. The van der Waals surface area contributed by atoms with Crippen molar-refractivity contribution in [2.24, 2.45) is 5.92 Å². The van der Waals surface area contributed by atoms with Crippen LogP contribution in [0.3, 0.4) is 0 Å². The maximum atomic E-state index is 5.22. The minimum absolute atomic E-state index is 0.705. The Labute approximate surface area is 117 Å². The SMILES string of the molecule is COc1ccc(N2C[C@@H](C)[C@@H]2C2SCCS2)cc1. The molecule has 0 bridgehead atoms. The van der Waals surface area contributed by atoms with E-state index in [0.717, 1.165) is 16.2 Å². The van der Waals surface area contributed by atoms with Crippen LogP contribution >= 0.6 is 23.5 Å². The Morgan fingerprint density at radius 2 is 1.83 bits per heavy atom. The van der Waals surface area contributed by atoms with Crippen molar-refractivity contribution in [2.75, 3.05) is 30.1 Å². The summed E-state index contributed by atoms with van der Waals surface area (Å²) in [5, 5.41) is 0. The average Bonchev–Trinajstić information content (AvgIpc) is 2.89. The first-order chi connectivity index (χ1) is 8.79. The second-order valence-electron chi connectivity index (χ2n) is 4.93. The van der Waals surface area contributed by atoms with Gasteiger partial charge in [0.05, 0.1) is 17.7 Å². The second-order valence-corrected chi connectivity index (χ2v) is 7.73. The summed E-state index contributed by atoms with van der Waals surface area (Å²) in [6.07, 6.45) is 0. The van der Waals surface area contributed by atoms with Crippen LogP contribution in [0.25, 0.3) is 0 Å². The molecule has 1 aromatic rings. The van der Waals surface area contributed by atoms with E-state index in [0.29, 0.717) is 6.04 Å². The molecule has 0 unspecified atom stereocenters. The van der Waals surface area contributed by atoms with Crippen molar-refractivity contribution in [2.45, 2.75) is 17.5 Å². The first-order valence-corrected chi connectivity index (χ1v) is 8.53. The third kappa shape index (κ3) is 2.21. The molecule has 18 heavy (non-hydrogen) atoms. The first kappa shape index (κ1) is 12.5. The van der Waals surface area contributed by atoms with Crippen molar-refractivity contribution >= 4 is 29.2 Å². The quantitative estimate of drug-likeness (QED) is 0.842. The maximum absolute atomic E-state index is 5.22. The molecule has 2 heterocycles. The number of methoxy groups -OCH3 is 1. The molecule has 4 heteroatoms. The van der Waals surface area contributed by atoms with Crippen LogP contribution in [0.4, 0.5) is 5.69 Å². The third-order valence-electron chi connectivity index (χ3n) is 3.76. The van der Waals surface area contributed by atoms with Crippen LogP contribution < -0.4 is 9.64 Å². The van der Waals surface area contributed by atoms with Crippen molar-refractivity contribution in [1.29, 1.82) is 0 Å². The summed E-state index contributed by atoms with van der Waals surface area (Å²) < 4.78 is 5.98. The highest BCUT2D eigenvalue weighted by Gasteiger charge is 2.42. The van der Waals surface area contributed by atoms with Gasteiger partial charge < -0.3 is 9.64 Å². The lowest BCUT2D eigenvalue weighted by Gasteiger charge is -2.50. The standard InChI is InChI=1S/C14H19NOS2/c1-10-9-15(13(10)14-17-7-8-18-14)11-3-5-12(16-2)6-4-11/h3-6,10,13-14H,7-9H2,1-2H3/t10-,13-/m1/s1. The van der Waals surface area contributed by atoms with Crippen LogP contribution in [-0.2, 0) is 0 Å². The van der Waals surface area contributed by atoms with Gasteiger partial charge in [-0.1, -0.05) is 6.92 Å². The number of hydrogen-bond donors (Lipinski definition) is 0. The summed E-state index contributed by atoms with van der Waals surface area (Å²) in [6.45, 7) is 3.57. The predicted octanol–water partition coefficient (Wildman–Crippen LogP) is 3.33. The Morgan fingerprint density at radius 3 is 2.39 bits per heavy atom. The van der Waals surface area contributed by atoms with Gasteiger partial charge in [0, 0.05) is 23.7 Å². The largest absolute Gasteiger partial charge is 0.497 e. The van der Waals surface area contributed by atoms with Crippen LogP contribution in [0.2, 0.25) is 0 Å². The molecule has 0 aliphatic carbocycles. The molecule has 2 aliphatic rings. The van der Waals surface area contributed by atoms with E-state index in [9.17, 15) is 0 Å². The highest BCUT2D eigenvalue weighted by atomic mass is 32.2. The summed E-state index contributed by atoms with van der Waals surface area (Å²) in [4.78, 5) is 2.56. The number of hydrogen-bond acceptors (Lipinski definition) is 4. The van der Waals surface area contributed by atoms with Crippen LogP contribution in [-0.4, -0.2) is 35.8 Å². The van der Waals surface area contributed by atoms with Gasteiger partial charge in [-0.15, -0.1) is 23.5 Å². The van der Waals surface area contributed by atoms with E-state index in [1.165, 1.54) is 23.7 Å². The van der Waals surface area contributed by atoms with Gasteiger partial charge in [-0.3, -0.25) is 0 Å². The van der Waals surface area contributed by atoms with E-state index in [2.05, 4.69) is 59.6 Å². The molecule has 2 saturated heterocycles. The lowest BCUT2D eigenvalue weighted by molar-refractivity contribution is 0.336. The molecule has 0 N–H and O–H groups in total. The van der Waals surface area contributed by atoms with E-state index in [4.69, 9.17) is 4.74 Å². The zero-order chi connectivity index (χ0) is 12.5. The first-order valence-electron chi connectivity index (χ1n) is 6.43. The monoisotopic (exact) mass is 281 g/mol. The van der Waals surface area contributed by atoms with Gasteiger partial charge in [0.2, 0.25) is 0 Å². The minimum Gasteiger partial charge on any atom is -0.497 e. The normalized spacial score (nSPS) is 28.2. The fraction of sp³-hybridized carbons (Fsp3) is 0.571. The number of thioether (sulfide) groups is 2. The topological polar surface area (TPSA) is 12.5 Å². The molecule has 0 amide bonds. The van der Waals surface area contributed by atoms with Crippen LogP contribution in [0.1, 0.15) is 6.92 Å². The van der Waals surface area contributed by atoms with E-state index in [1.54, 1.807) is 7.11 Å². The van der Waals surface area contributed by atoms with Gasteiger partial charge in [-0.05, 0) is 30.2 Å². The van der Waals surface area contributed by atoms with Crippen molar-refractivity contribution < 1.29 is 4.74 Å². The second kappa shape index (κ2) is 5.25. The summed E-state index contributed by atoms with van der Waals surface area (Å²) in [5.74, 6) is 4.38. The van der Waals surface area contributed by atoms with E-state index >= 15 is 0 Å². The Kier molecular flexibility index (Phi) is 3.66. The zero-order valence-corrected chi connectivity index (χ0v) is 12.5. The number of ether oxygens (including phenoxy) is 1. The van der Waals surface area contributed by atoms with Gasteiger partial charge in [-0.2, -0.15) is 0 Å². The summed E-state index contributed by atoms with van der Waals surface area (Å²) >= 11 is 4.27. The van der Waals surface area contributed by atoms with Crippen LogP contribution in [0.5, 0.6) is 5.75 Å². The van der Waals surface area contributed by atoms with Crippen molar-refractivity contribution in [1.82, 2.24) is 0 Å². The molecule has 2 atom stereocenters. The molecule has 0 spiro atoms. The lowest BCUT2D eigenvalue weighted by Crippen LogP contribution is -2.59. The number of benzene rings is 1. The highest BCUT2D eigenvalue weighted by Crippen LogP contribution is 2.44. The number of rotatable bonds is 3. The molecular formula is C14H19NOS2. The number of anilines is 1. The van der Waals surface area contributed by atoms with Crippen molar-refractivity contribution in [3.05, 3.63) is 24.3 Å². The Hall–Kier alpha value is -0.480. The molecular weight excluding hydrogens is 262 g/mol. The van der Waals surface area contributed by atoms with E-state index in [1.807, 2.05) is 0 Å². The molecule has 0 radical (unpaired) electrons. The maximum Gasteiger partial charge on any atom is 0.119 e. The summed E-state index contributed by atoms with van der Waals surface area (Å²) in [7, 11) is 1.72. The fourth-order valence-corrected chi connectivity index (χ4v) is 6.17. The van der Waals surface area contributed by atoms with Gasteiger partial charge in [0.1, 0.15) is 5.75 Å². The van der Waals surface area contributed by atoms with E-state index < -0.39 is 0 Å². The van der Waals surface area contributed by atoms with Gasteiger partial charge in [0.15, 0.2) is 0 Å². The third-order valence-corrected chi connectivity index (χ3v) is 6.93. The molecule has 2 fully saturated rings. The Bertz CT molecular complexity index is 403. The molecule has 3 rings (SSSR count). The van der Waals surface area contributed by atoms with Crippen LogP contribution in [0.15, 0.2) is 24.3 Å². The number of nitrogens with zero attached hydrogens (tertiary/aromatic N) is 1. The Morgan fingerprint density at radius 1 is 1.17 bits per heavy atom. The lowest BCUT2D eigenvalue weighted by atomic mass is 9.91. The molecule has 1 aromatic carbocycles. The van der Waals surface area contributed by atoms with E-state index in [-0.39, 0.29) is 0 Å². The van der Waals surface area contributed by atoms with Gasteiger partial charge in [-0.25, -0.2) is 0 Å². The molecule has 0 aromatic heterocycles. The summed E-state index contributed by atoms with van der Waals surface area (Å²) in [5.41, 5.74) is 1.34. The minimum atomic E-state index is 0.705. The van der Waals surface area contributed by atoms with Crippen molar-refractivity contribution in [3.8, 4) is 5.75 Å². The smallest absolute Gasteiger partial charge is 0.119 e. The van der Waals surface area contributed by atoms with Gasteiger partial charge in [0.25, 0.3) is 0 Å². The molecule has 2 aliphatic heterocycles. The molecule has 0 saturated carbocycles.